The number of amides is 1. The van der Waals surface area contributed by atoms with Gasteiger partial charge < -0.3 is 11.1 Å². The molecule has 1 saturated carbocycles. The molecule has 0 radical (unpaired) electrons. The molecular formula is C13H22N2O. The lowest BCUT2D eigenvalue weighted by Gasteiger charge is -2.32. The topological polar surface area (TPSA) is 55.1 Å². The maximum atomic E-state index is 12.1. The number of nitrogens with two attached hydrogens (primary N) is 1. The average molecular weight is 222 g/mol. The van der Waals surface area contributed by atoms with Crippen LogP contribution in [0.4, 0.5) is 0 Å². The minimum absolute atomic E-state index is 0.0476. The van der Waals surface area contributed by atoms with Crippen LogP contribution in [0.2, 0.25) is 0 Å². The van der Waals surface area contributed by atoms with Crippen molar-refractivity contribution in [2.75, 3.05) is 6.54 Å². The number of rotatable bonds is 3. The van der Waals surface area contributed by atoms with Crippen molar-refractivity contribution < 1.29 is 4.79 Å². The Morgan fingerprint density at radius 2 is 2.12 bits per heavy atom. The van der Waals surface area contributed by atoms with E-state index in [1.807, 2.05) is 13.8 Å². The summed E-state index contributed by atoms with van der Waals surface area (Å²) >= 11 is 0. The van der Waals surface area contributed by atoms with Crippen LogP contribution in [-0.4, -0.2) is 18.0 Å². The first-order chi connectivity index (χ1) is 7.50. The van der Waals surface area contributed by atoms with Gasteiger partial charge in [0.05, 0.1) is 5.54 Å². The Morgan fingerprint density at radius 1 is 1.50 bits per heavy atom. The predicted molar refractivity (Wildman–Crippen MR) is 65.6 cm³/mol. The largest absolute Gasteiger partial charge is 0.340 e. The first-order valence-electron chi connectivity index (χ1n) is 6.00. The highest BCUT2D eigenvalue weighted by molar-refractivity contribution is 5.80. The van der Waals surface area contributed by atoms with Crippen LogP contribution >= 0.6 is 0 Å². The molecule has 1 rings (SSSR count). The lowest BCUT2D eigenvalue weighted by Crippen LogP contribution is -2.48. The van der Waals surface area contributed by atoms with E-state index in [9.17, 15) is 4.79 Å². The predicted octanol–water partition coefficient (Wildman–Crippen LogP) is 1.28. The summed E-state index contributed by atoms with van der Waals surface area (Å²) < 4.78 is 0. The molecule has 0 spiro atoms. The quantitative estimate of drug-likeness (QED) is 0.707. The summed E-state index contributed by atoms with van der Waals surface area (Å²) in [7, 11) is 0. The second-order valence-electron chi connectivity index (χ2n) is 5.15. The number of terminal acetylenes is 1. The standard InChI is InChI=1S/C13H22N2O/c1-4-13(2,3)15-12(16)11-8-6-5-7-10(11)9-14/h1,10-11H,5-9,14H2,2-3H3,(H,15,16). The third-order valence-electron chi connectivity index (χ3n) is 3.35. The molecule has 0 bridgehead atoms. The third kappa shape index (κ3) is 3.24. The van der Waals surface area contributed by atoms with E-state index in [1.165, 1.54) is 6.42 Å². The van der Waals surface area contributed by atoms with Gasteiger partial charge in [0, 0.05) is 5.92 Å². The van der Waals surface area contributed by atoms with Gasteiger partial charge in [-0.15, -0.1) is 6.42 Å². The van der Waals surface area contributed by atoms with Gasteiger partial charge in [-0.3, -0.25) is 4.79 Å². The van der Waals surface area contributed by atoms with E-state index in [0.717, 1.165) is 19.3 Å². The summed E-state index contributed by atoms with van der Waals surface area (Å²) in [5, 5.41) is 2.91. The normalized spacial score (nSPS) is 25.9. The molecule has 0 aromatic carbocycles. The summed E-state index contributed by atoms with van der Waals surface area (Å²) in [5.74, 6) is 3.02. The Balaban J connectivity index is 2.62. The summed E-state index contributed by atoms with van der Waals surface area (Å²) in [4.78, 5) is 12.1. The molecule has 2 atom stereocenters. The minimum atomic E-state index is -0.562. The van der Waals surface area contributed by atoms with Gasteiger partial charge in [0.25, 0.3) is 0 Å². The van der Waals surface area contributed by atoms with Crippen molar-refractivity contribution in [1.29, 1.82) is 0 Å². The SMILES string of the molecule is C#CC(C)(C)NC(=O)C1CCCCC1CN. The Kier molecular flexibility index (Phi) is 4.37. The van der Waals surface area contributed by atoms with Crippen molar-refractivity contribution >= 4 is 5.91 Å². The molecule has 1 fully saturated rings. The summed E-state index contributed by atoms with van der Waals surface area (Å²) in [6, 6.07) is 0. The molecule has 1 amide bonds. The molecule has 0 saturated heterocycles. The maximum absolute atomic E-state index is 12.1. The van der Waals surface area contributed by atoms with E-state index in [1.54, 1.807) is 0 Å². The molecule has 3 heteroatoms. The minimum Gasteiger partial charge on any atom is -0.340 e. The third-order valence-corrected chi connectivity index (χ3v) is 3.35. The Labute approximate surface area is 98.2 Å². The van der Waals surface area contributed by atoms with E-state index in [-0.39, 0.29) is 11.8 Å². The summed E-state index contributed by atoms with van der Waals surface area (Å²) in [5.41, 5.74) is 5.15. The lowest BCUT2D eigenvalue weighted by atomic mass is 9.78. The Bertz CT molecular complexity index is 291. The fraction of sp³-hybridized carbons (Fsp3) is 0.769. The van der Waals surface area contributed by atoms with Crippen molar-refractivity contribution in [3.05, 3.63) is 0 Å². The molecule has 0 heterocycles. The molecular weight excluding hydrogens is 200 g/mol. The monoisotopic (exact) mass is 222 g/mol. The van der Waals surface area contributed by atoms with Gasteiger partial charge in [-0.1, -0.05) is 18.8 Å². The molecule has 3 nitrogen and oxygen atoms in total. The highest BCUT2D eigenvalue weighted by Crippen LogP contribution is 2.29. The molecule has 90 valence electrons. The van der Waals surface area contributed by atoms with Crippen molar-refractivity contribution in [3.63, 3.8) is 0 Å². The summed E-state index contributed by atoms with van der Waals surface area (Å²) in [6.07, 6.45) is 9.66. The molecule has 16 heavy (non-hydrogen) atoms. The highest BCUT2D eigenvalue weighted by atomic mass is 16.2. The van der Waals surface area contributed by atoms with Crippen LogP contribution in [0, 0.1) is 24.2 Å². The molecule has 1 aliphatic carbocycles. The van der Waals surface area contributed by atoms with Crippen molar-refractivity contribution in [2.45, 2.75) is 45.1 Å². The number of carbonyl (C=O) groups is 1. The van der Waals surface area contributed by atoms with Gasteiger partial charge in [0.15, 0.2) is 0 Å². The van der Waals surface area contributed by atoms with Crippen molar-refractivity contribution in [1.82, 2.24) is 5.32 Å². The zero-order valence-electron chi connectivity index (χ0n) is 10.3. The Morgan fingerprint density at radius 3 is 2.69 bits per heavy atom. The van der Waals surface area contributed by atoms with E-state index < -0.39 is 5.54 Å². The van der Waals surface area contributed by atoms with Gasteiger partial charge >= 0.3 is 0 Å². The van der Waals surface area contributed by atoms with Crippen LogP contribution in [0.15, 0.2) is 0 Å². The molecule has 3 N–H and O–H groups in total. The van der Waals surface area contributed by atoms with Gasteiger partial charge in [0.2, 0.25) is 5.91 Å². The van der Waals surface area contributed by atoms with Crippen molar-refractivity contribution in [2.24, 2.45) is 17.6 Å². The van der Waals surface area contributed by atoms with Gasteiger partial charge in [-0.2, -0.15) is 0 Å². The zero-order valence-corrected chi connectivity index (χ0v) is 10.3. The second kappa shape index (κ2) is 5.36. The smallest absolute Gasteiger partial charge is 0.224 e. The van der Waals surface area contributed by atoms with Gasteiger partial charge in [0.1, 0.15) is 0 Å². The fourth-order valence-corrected chi connectivity index (χ4v) is 2.27. The first-order valence-corrected chi connectivity index (χ1v) is 6.00. The second-order valence-corrected chi connectivity index (χ2v) is 5.15. The van der Waals surface area contributed by atoms with Crippen molar-refractivity contribution in [3.8, 4) is 12.3 Å². The van der Waals surface area contributed by atoms with Crippen LogP contribution in [0.1, 0.15) is 39.5 Å². The highest BCUT2D eigenvalue weighted by Gasteiger charge is 2.32. The number of hydrogen-bond donors (Lipinski definition) is 2. The maximum Gasteiger partial charge on any atom is 0.224 e. The van der Waals surface area contributed by atoms with E-state index in [4.69, 9.17) is 12.2 Å². The molecule has 0 aromatic rings. The molecule has 1 aliphatic rings. The van der Waals surface area contributed by atoms with Gasteiger partial charge in [-0.05, 0) is 39.2 Å². The van der Waals surface area contributed by atoms with Crippen LogP contribution in [-0.2, 0) is 4.79 Å². The number of carbonyl (C=O) groups excluding carboxylic acids is 1. The summed E-state index contributed by atoms with van der Waals surface area (Å²) in [6.45, 7) is 4.27. The molecule has 2 unspecified atom stereocenters. The Hall–Kier alpha value is -1.01. The zero-order chi connectivity index (χ0) is 12.2. The van der Waals surface area contributed by atoms with E-state index >= 15 is 0 Å². The number of nitrogens with one attached hydrogen (secondary N) is 1. The van der Waals surface area contributed by atoms with Crippen LogP contribution in [0.5, 0.6) is 0 Å². The fourth-order valence-electron chi connectivity index (χ4n) is 2.27. The van der Waals surface area contributed by atoms with E-state index in [0.29, 0.717) is 12.5 Å². The van der Waals surface area contributed by atoms with Crippen LogP contribution < -0.4 is 11.1 Å². The first kappa shape index (κ1) is 13.1. The molecule has 0 aliphatic heterocycles. The van der Waals surface area contributed by atoms with Crippen LogP contribution in [0.25, 0.3) is 0 Å². The van der Waals surface area contributed by atoms with E-state index in [2.05, 4.69) is 11.2 Å². The lowest BCUT2D eigenvalue weighted by molar-refractivity contribution is -0.128. The van der Waals surface area contributed by atoms with Crippen LogP contribution in [0.3, 0.4) is 0 Å². The number of hydrogen-bond acceptors (Lipinski definition) is 2. The van der Waals surface area contributed by atoms with Gasteiger partial charge in [-0.25, -0.2) is 0 Å². The molecule has 0 aromatic heterocycles. The average Bonchev–Trinajstić information content (AvgIpc) is 2.28.